The van der Waals surface area contributed by atoms with Crippen molar-refractivity contribution in [3.05, 3.63) is 48.0 Å². The second-order valence-corrected chi connectivity index (χ2v) is 6.56. The van der Waals surface area contributed by atoms with Gasteiger partial charge >= 0.3 is 6.03 Å². The minimum absolute atomic E-state index is 0.0637. The van der Waals surface area contributed by atoms with Crippen LogP contribution in [-0.2, 0) is 0 Å². The Labute approximate surface area is 133 Å². The Hall–Kier alpha value is -1.81. The summed E-state index contributed by atoms with van der Waals surface area (Å²) < 4.78 is 0. The number of nitrogens with zero attached hydrogens (tertiary/aromatic N) is 1. The van der Waals surface area contributed by atoms with Crippen LogP contribution < -0.4 is 5.32 Å². The van der Waals surface area contributed by atoms with Crippen LogP contribution in [-0.4, -0.2) is 35.7 Å². The van der Waals surface area contributed by atoms with E-state index in [0.29, 0.717) is 13.1 Å². The number of aliphatic hydroxyl groups excluding tert-OH is 1. The van der Waals surface area contributed by atoms with Crippen LogP contribution in [0.15, 0.2) is 36.9 Å². The van der Waals surface area contributed by atoms with Crippen LogP contribution in [0.4, 0.5) is 4.79 Å². The van der Waals surface area contributed by atoms with E-state index >= 15 is 0 Å². The molecule has 0 saturated heterocycles. The van der Waals surface area contributed by atoms with Gasteiger partial charge in [0.15, 0.2) is 0 Å². The van der Waals surface area contributed by atoms with Gasteiger partial charge in [-0.1, -0.05) is 51.1 Å². The third-order valence-electron chi connectivity index (χ3n) is 3.64. The van der Waals surface area contributed by atoms with Gasteiger partial charge in [-0.25, -0.2) is 4.79 Å². The summed E-state index contributed by atoms with van der Waals surface area (Å²) in [5, 5.41) is 12.2. The minimum Gasteiger partial charge on any atom is -0.395 e. The Kier molecular flexibility index (Phi) is 6.62. The van der Waals surface area contributed by atoms with Crippen LogP contribution >= 0.6 is 0 Å². The van der Waals surface area contributed by atoms with Crippen molar-refractivity contribution in [3.8, 4) is 0 Å². The molecule has 0 heterocycles. The van der Waals surface area contributed by atoms with Crippen molar-refractivity contribution in [3.63, 3.8) is 0 Å². The lowest BCUT2D eigenvalue weighted by Gasteiger charge is -2.35. The van der Waals surface area contributed by atoms with Crippen molar-refractivity contribution < 1.29 is 9.90 Å². The Bertz CT molecular complexity index is 506. The Morgan fingerprint density at radius 2 is 2.05 bits per heavy atom. The first-order chi connectivity index (χ1) is 10.3. The van der Waals surface area contributed by atoms with Crippen LogP contribution in [0.25, 0.3) is 0 Å². The predicted molar refractivity (Wildman–Crippen MR) is 90.8 cm³/mol. The van der Waals surface area contributed by atoms with Crippen LogP contribution in [0.2, 0.25) is 0 Å². The molecule has 1 aromatic rings. The molecule has 4 nitrogen and oxygen atoms in total. The van der Waals surface area contributed by atoms with E-state index in [4.69, 9.17) is 5.11 Å². The molecule has 0 fully saturated rings. The molecule has 0 bridgehead atoms. The van der Waals surface area contributed by atoms with E-state index in [1.165, 1.54) is 0 Å². The number of amides is 2. The molecule has 1 unspecified atom stereocenters. The summed E-state index contributed by atoms with van der Waals surface area (Å²) in [6.07, 6.45) is 1.66. The summed E-state index contributed by atoms with van der Waals surface area (Å²) >= 11 is 0. The highest BCUT2D eigenvalue weighted by atomic mass is 16.3. The SMILES string of the molecule is C=CCN(CCO)C(=O)NC(c1ccccc1C)C(C)(C)C. The number of aryl methyl sites for hydroxylation is 1. The third kappa shape index (κ3) is 4.88. The van der Waals surface area contributed by atoms with E-state index in [9.17, 15) is 4.79 Å². The summed E-state index contributed by atoms with van der Waals surface area (Å²) in [6, 6.07) is 7.80. The predicted octanol–water partition coefficient (Wildman–Crippen LogP) is 3.27. The summed E-state index contributed by atoms with van der Waals surface area (Å²) in [5.74, 6) is 0. The second kappa shape index (κ2) is 7.99. The van der Waals surface area contributed by atoms with Crippen molar-refractivity contribution in [1.82, 2.24) is 10.2 Å². The summed E-state index contributed by atoms with van der Waals surface area (Å²) in [6.45, 7) is 12.7. The van der Waals surface area contributed by atoms with E-state index in [-0.39, 0.29) is 24.1 Å². The quantitative estimate of drug-likeness (QED) is 0.793. The Morgan fingerprint density at radius 3 is 2.55 bits per heavy atom. The standard InChI is InChI=1S/C18H28N2O2/c1-6-11-20(12-13-21)17(22)19-16(18(3,4)5)15-10-8-7-9-14(15)2/h6-10,16,21H,1,11-13H2,2-5H3,(H,19,22). The molecule has 0 saturated carbocycles. The molecular weight excluding hydrogens is 276 g/mol. The van der Waals surface area contributed by atoms with Crippen LogP contribution in [0.1, 0.15) is 37.9 Å². The number of nitrogens with one attached hydrogen (secondary N) is 1. The second-order valence-electron chi connectivity index (χ2n) is 6.56. The molecule has 122 valence electrons. The average Bonchev–Trinajstić information content (AvgIpc) is 2.44. The maximum Gasteiger partial charge on any atom is 0.318 e. The summed E-state index contributed by atoms with van der Waals surface area (Å²) in [5.41, 5.74) is 2.15. The van der Waals surface area contributed by atoms with Gasteiger partial charge in [0, 0.05) is 13.1 Å². The molecule has 2 N–H and O–H groups in total. The molecular formula is C18H28N2O2. The maximum absolute atomic E-state index is 12.5. The fourth-order valence-electron chi connectivity index (χ4n) is 2.44. The van der Waals surface area contributed by atoms with Crippen molar-refractivity contribution in [2.24, 2.45) is 5.41 Å². The number of carbonyl (C=O) groups is 1. The number of urea groups is 1. The number of aliphatic hydroxyl groups is 1. The molecule has 0 aliphatic heterocycles. The molecule has 0 aromatic heterocycles. The molecule has 1 rings (SSSR count). The van der Waals surface area contributed by atoms with E-state index in [1.807, 2.05) is 12.1 Å². The van der Waals surface area contributed by atoms with Gasteiger partial charge in [-0.3, -0.25) is 0 Å². The van der Waals surface area contributed by atoms with Crippen molar-refractivity contribution in [2.45, 2.75) is 33.7 Å². The van der Waals surface area contributed by atoms with Gasteiger partial charge in [-0.15, -0.1) is 6.58 Å². The highest BCUT2D eigenvalue weighted by Crippen LogP contribution is 2.34. The number of rotatable bonds is 6. The lowest BCUT2D eigenvalue weighted by molar-refractivity contribution is 0.169. The van der Waals surface area contributed by atoms with E-state index < -0.39 is 0 Å². The fraction of sp³-hybridized carbons (Fsp3) is 0.500. The molecule has 1 aromatic carbocycles. The molecule has 1 atom stereocenters. The van der Waals surface area contributed by atoms with Gasteiger partial charge in [0.05, 0.1) is 12.6 Å². The molecule has 0 aliphatic rings. The highest BCUT2D eigenvalue weighted by Gasteiger charge is 2.30. The average molecular weight is 304 g/mol. The lowest BCUT2D eigenvalue weighted by atomic mass is 9.81. The largest absolute Gasteiger partial charge is 0.395 e. The van der Waals surface area contributed by atoms with Crippen LogP contribution in [0.3, 0.4) is 0 Å². The molecule has 2 amide bonds. The van der Waals surface area contributed by atoms with Gasteiger partial charge in [0.2, 0.25) is 0 Å². The zero-order valence-corrected chi connectivity index (χ0v) is 14.1. The molecule has 0 aliphatic carbocycles. The first kappa shape index (κ1) is 18.2. The van der Waals surface area contributed by atoms with Crippen molar-refractivity contribution in [2.75, 3.05) is 19.7 Å². The van der Waals surface area contributed by atoms with Gasteiger partial charge in [0.25, 0.3) is 0 Å². The topological polar surface area (TPSA) is 52.6 Å². The van der Waals surface area contributed by atoms with Gasteiger partial charge in [-0.2, -0.15) is 0 Å². The lowest BCUT2D eigenvalue weighted by Crippen LogP contribution is -2.46. The van der Waals surface area contributed by atoms with E-state index in [1.54, 1.807) is 11.0 Å². The maximum atomic E-state index is 12.5. The Balaban J connectivity index is 3.02. The number of hydrogen-bond acceptors (Lipinski definition) is 2. The summed E-state index contributed by atoms with van der Waals surface area (Å²) in [4.78, 5) is 14.1. The van der Waals surface area contributed by atoms with Gasteiger partial charge in [-0.05, 0) is 23.5 Å². The van der Waals surface area contributed by atoms with E-state index in [0.717, 1.165) is 11.1 Å². The van der Waals surface area contributed by atoms with Gasteiger partial charge in [0.1, 0.15) is 0 Å². The number of hydrogen-bond donors (Lipinski definition) is 2. The molecule has 0 radical (unpaired) electrons. The number of benzene rings is 1. The zero-order chi connectivity index (χ0) is 16.8. The van der Waals surface area contributed by atoms with Crippen LogP contribution in [0, 0.1) is 12.3 Å². The fourth-order valence-corrected chi connectivity index (χ4v) is 2.44. The smallest absolute Gasteiger partial charge is 0.318 e. The first-order valence-electron chi connectivity index (χ1n) is 7.64. The first-order valence-corrected chi connectivity index (χ1v) is 7.64. The third-order valence-corrected chi connectivity index (χ3v) is 3.64. The van der Waals surface area contributed by atoms with Gasteiger partial charge < -0.3 is 15.3 Å². The minimum atomic E-state index is -0.183. The number of carbonyl (C=O) groups excluding carboxylic acids is 1. The van der Waals surface area contributed by atoms with E-state index in [2.05, 4.69) is 51.7 Å². The molecule has 4 heteroatoms. The van der Waals surface area contributed by atoms with Crippen molar-refractivity contribution in [1.29, 1.82) is 0 Å². The zero-order valence-electron chi connectivity index (χ0n) is 14.1. The molecule has 22 heavy (non-hydrogen) atoms. The molecule has 0 spiro atoms. The van der Waals surface area contributed by atoms with Crippen LogP contribution in [0.5, 0.6) is 0 Å². The summed E-state index contributed by atoms with van der Waals surface area (Å²) in [7, 11) is 0. The van der Waals surface area contributed by atoms with Crippen molar-refractivity contribution >= 4 is 6.03 Å². The normalized spacial score (nSPS) is 12.6. The Morgan fingerprint density at radius 1 is 1.41 bits per heavy atom. The highest BCUT2D eigenvalue weighted by molar-refractivity contribution is 5.75. The monoisotopic (exact) mass is 304 g/mol.